The van der Waals surface area contributed by atoms with Gasteiger partial charge in [0.2, 0.25) is 5.91 Å². The van der Waals surface area contributed by atoms with E-state index in [1.165, 1.54) is 17.1 Å². The van der Waals surface area contributed by atoms with Gasteiger partial charge in [0.15, 0.2) is 0 Å². The Kier molecular flexibility index (Phi) is 5.23. The molecule has 0 atom stereocenters. The molecule has 0 aliphatic carbocycles. The number of amides is 2. The maximum Gasteiger partial charge on any atom is 0.257 e. The number of nitrogens with zero attached hydrogens (tertiary/aromatic N) is 4. The fourth-order valence-electron chi connectivity index (χ4n) is 2.28. The number of hydrogen-bond donors (Lipinski definition) is 2. The molecule has 2 N–H and O–H groups in total. The van der Waals surface area contributed by atoms with Crippen molar-refractivity contribution >= 4 is 34.8 Å². The lowest BCUT2D eigenvalue weighted by molar-refractivity contribution is -0.115. The molecule has 9 heteroatoms. The van der Waals surface area contributed by atoms with Gasteiger partial charge in [0, 0.05) is 22.8 Å². The van der Waals surface area contributed by atoms with Gasteiger partial charge in [-0.15, -0.1) is 5.10 Å². The van der Waals surface area contributed by atoms with E-state index in [1.54, 1.807) is 43.3 Å². The van der Waals surface area contributed by atoms with E-state index in [0.717, 1.165) is 0 Å². The van der Waals surface area contributed by atoms with E-state index in [0.29, 0.717) is 34.1 Å². The van der Waals surface area contributed by atoms with Crippen LogP contribution >= 0.6 is 11.6 Å². The zero-order valence-corrected chi connectivity index (χ0v) is 14.6. The van der Waals surface area contributed by atoms with Crippen LogP contribution in [0.3, 0.4) is 0 Å². The van der Waals surface area contributed by atoms with E-state index in [2.05, 4.69) is 26.2 Å². The molecule has 132 valence electrons. The minimum atomic E-state index is -0.378. The van der Waals surface area contributed by atoms with Crippen molar-refractivity contribution in [2.24, 2.45) is 0 Å². The predicted molar refractivity (Wildman–Crippen MR) is 97.5 cm³/mol. The van der Waals surface area contributed by atoms with Gasteiger partial charge in [-0.05, 0) is 46.8 Å². The van der Waals surface area contributed by atoms with Crippen molar-refractivity contribution in [3.05, 3.63) is 59.4 Å². The van der Waals surface area contributed by atoms with E-state index in [4.69, 9.17) is 11.6 Å². The highest BCUT2D eigenvalue weighted by Gasteiger charge is 2.15. The Morgan fingerprint density at radius 1 is 1.12 bits per heavy atom. The summed E-state index contributed by atoms with van der Waals surface area (Å²) in [5.41, 5.74) is 1.94. The van der Waals surface area contributed by atoms with Gasteiger partial charge in [0.1, 0.15) is 6.33 Å². The molecule has 0 fully saturated rings. The first-order valence-corrected chi connectivity index (χ1v) is 8.19. The highest BCUT2D eigenvalue weighted by Crippen LogP contribution is 2.21. The van der Waals surface area contributed by atoms with E-state index in [-0.39, 0.29) is 11.8 Å². The Bertz CT molecular complexity index is 942. The Hall–Kier alpha value is -3.26. The largest absolute Gasteiger partial charge is 0.326 e. The molecule has 26 heavy (non-hydrogen) atoms. The van der Waals surface area contributed by atoms with Crippen molar-refractivity contribution in [3.8, 4) is 5.69 Å². The Morgan fingerprint density at radius 3 is 2.58 bits per heavy atom. The Labute approximate surface area is 154 Å². The summed E-state index contributed by atoms with van der Waals surface area (Å²) in [6.07, 6.45) is 1.76. The lowest BCUT2D eigenvalue weighted by Gasteiger charge is -2.11. The van der Waals surface area contributed by atoms with Crippen LogP contribution in [0.2, 0.25) is 5.02 Å². The average Bonchev–Trinajstić information content (AvgIpc) is 3.16. The summed E-state index contributed by atoms with van der Waals surface area (Å²) in [6.45, 7) is 1.76. The summed E-state index contributed by atoms with van der Waals surface area (Å²) in [7, 11) is 0. The predicted octanol–water partition coefficient (Wildman–Crippen LogP) is 2.92. The number of rotatable bonds is 5. The van der Waals surface area contributed by atoms with Gasteiger partial charge >= 0.3 is 0 Å². The van der Waals surface area contributed by atoms with Crippen LogP contribution < -0.4 is 10.6 Å². The van der Waals surface area contributed by atoms with Gasteiger partial charge in [-0.1, -0.05) is 24.6 Å². The van der Waals surface area contributed by atoms with Crippen LogP contribution in [0.4, 0.5) is 11.4 Å². The number of hydrogen-bond acceptors (Lipinski definition) is 5. The third kappa shape index (κ3) is 4.04. The van der Waals surface area contributed by atoms with Gasteiger partial charge in [0.25, 0.3) is 5.91 Å². The molecule has 3 rings (SSSR count). The fourth-order valence-corrected chi connectivity index (χ4v) is 2.46. The summed E-state index contributed by atoms with van der Waals surface area (Å²) < 4.78 is 1.38. The zero-order chi connectivity index (χ0) is 18.5. The lowest BCUT2D eigenvalue weighted by Crippen LogP contribution is -2.16. The molecule has 0 radical (unpaired) electrons. The quantitative estimate of drug-likeness (QED) is 0.719. The molecular weight excluding hydrogens is 356 g/mol. The van der Waals surface area contributed by atoms with Gasteiger partial charge in [-0.25, -0.2) is 0 Å². The number of anilines is 2. The Balaban J connectivity index is 1.86. The number of carbonyl (C=O) groups excluding carboxylic acids is 2. The Morgan fingerprint density at radius 2 is 1.88 bits per heavy atom. The molecule has 1 aromatic heterocycles. The van der Waals surface area contributed by atoms with Crippen LogP contribution in [0.5, 0.6) is 0 Å². The lowest BCUT2D eigenvalue weighted by atomic mass is 10.1. The molecule has 0 aliphatic rings. The van der Waals surface area contributed by atoms with Crippen molar-refractivity contribution in [1.82, 2.24) is 20.2 Å². The number of benzene rings is 2. The molecule has 8 nitrogen and oxygen atoms in total. The summed E-state index contributed by atoms with van der Waals surface area (Å²) in [6, 6.07) is 11.7. The second-order valence-electron chi connectivity index (χ2n) is 5.35. The van der Waals surface area contributed by atoms with E-state index in [9.17, 15) is 9.59 Å². The molecule has 0 unspecified atom stereocenters. The molecule has 0 aliphatic heterocycles. The van der Waals surface area contributed by atoms with Crippen LogP contribution in [0.25, 0.3) is 5.69 Å². The number of halogens is 1. The van der Waals surface area contributed by atoms with Crippen molar-refractivity contribution < 1.29 is 9.59 Å². The monoisotopic (exact) mass is 370 g/mol. The summed E-state index contributed by atoms with van der Waals surface area (Å²) in [4.78, 5) is 24.2. The normalized spacial score (nSPS) is 10.4. The van der Waals surface area contributed by atoms with E-state index < -0.39 is 0 Å². The average molecular weight is 371 g/mol. The third-order valence-corrected chi connectivity index (χ3v) is 3.76. The molecular formula is C17H15ClN6O2. The first-order chi connectivity index (χ1) is 12.6. The van der Waals surface area contributed by atoms with E-state index in [1.807, 2.05) is 0 Å². The standard InChI is InChI=1S/C17H15ClN6O2/c1-2-16(25)20-12-4-3-5-13(9-12)21-17(26)14-8-11(18)6-7-15(14)24-10-19-22-23-24/h3-10H,2H2,1H3,(H,20,25)(H,21,26). The third-order valence-electron chi connectivity index (χ3n) is 3.52. The number of carbonyl (C=O) groups is 2. The molecule has 1 heterocycles. The highest BCUT2D eigenvalue weighted by atomic mass is 35.5. The number of aromatic nitrogens is 4. The van der Waals surface area contributed by atoms with Gasteiger partial charge in [-0.3, -0.25) is 9.59 Å². The second kappa shape index (κ2) is 7.75. The van der Waals surface area contributed by atoms with Crippen molar-refractivity contribution in [3.63, 3.8) is 0 Å². The van der Waals surface area contributed by atoms with Gasteiger partial charge in [-0.2, -0.15) is 4.68 Å². The molecule has 2 aromatic carbocycles. The minimum absolute atomic E-state index is 0.107. The smallest absolute Gasteiger partial charge is 0.257 e. The number of tetrazole rings is 1. The first-order valence-electron chi connectivity index (χ1n) is 7.81. The van der Waals surface area contributed by atoms with Crippen LogP contribution in [0, 0.1) is 0 Å². The topological polar surface area (TPSA) is 102 Å². The van der Waals surface area contributed by atoms with Gasteiger partial charge < -0.3 is 10.6 Å². The van der Waals surface area contributed by atoms with Crippen LogP contribution in [-0.4, -0.2) is 32.0 Å². The first kappa shape index (κ1) is 17.6. The fraction of sp³-hybridized carbons (Fsp3) is 0.118. The summed E-state index contributed by atoms with van der Waals surface area (Å²) in [5, 5.41) is 16.9. The van der Waals surface area contributed by atoms with E-state index >= 15 is 0 Å². The maximum absolute atomic E-state index is 12.7. The van der Waals surface area contributed by atoms with Crippen LogP contribution in [0.1, 0.15) is 23.7 Å². The molecule has 2 amide bonds. The van der Waals surface area contributed by atoms with Crippen LogP contribution in [-0.2, 0) is 4.79 Å². The SMILES string of the molecule is CCC(=O)Nc1cccc(NC(=O)c2cc(Cl)ccc2-n2cnnn2)c1. The molecule has 0 saturated heterocycles. The highest BCUT2D eigenvalue weighted by molar-refractivity contribution is 6.31. The van der Waals surface area contributed by atoms with Crippen LogP contribution in [0.15, 0.2) is 48.8 Å². The second-order valence-corrected chi connectivity index (χ2v) is 5.79. The van der Waals surface area contributed by atoms with Crippen molar-refractivity contribution in [2.45, 2.75) is 13.3 Å². The minimum Gasteiger partial charge on any atom is -0.326 e. The van der Waals surface area contributed by atoms with Crippen molar-refractivity contribution in [1.29, 1.82) is 0 Å². The molecule has 3 aromatic rings. The van der Waals surface area contributed by atoms with Gasteiger partial charge in [0.05, 0.1) is 11.3 Å². The molecule has 0 bridgehead atoms. The maximum atomic E-state index is 12.7. The zero-order valence-electron chi connectivity index (χ0n) is 13.8. The molecule has 0 saturated carbocycles. The number of nitrogens with one attached hydrogen (secondary N) is 2. The van der Waals surface area contributed by atoms with Crippen molar-refractivity contribution in [2.75, 3.05) is 10.6 Å². The summed E-state index contributed by atoms with van der Waals surface area (Å²) in [5.74, 6) is -0.485. The molecule has 0 spiro atoms. The summed E-state index contributed by atoms with van der Waals surface area (Å²) >= 11 is 6.04.